The van der Waals surface area contributed by atoms with Crippen LogP contribution in [0.3, 0.4) is 0 Å². The topological polar surface area (TPSA) is 75.6 Å². The minimum atomic E-state index is -1.15. The summed E-state index contributed by atoms with van der Waals surface area (Å²) in [6.07, 6.45) is 0. The summed E-state index contributed by atoms with van der Waals surface area (Å²) < 4.78 is 0. The standard InChI is InChI=1S/C12H15NO4/c1-12(2,3)17-13-10(14)8-6-4-5-7-9(8)11(15)16/h4-7H,1-3H3,(H,13,14)(H,15,16). The zero-order chi connectivity index (χ0) is 13.1. The third-order valence-electron chi connectivity index (χ3n) is 1.85. The molecule has 0 bridgehead atoms. The van der Waals surface area contributed by atoms with E-state index >= 15 is 0 Å². The van der Waals surface area contributed by atoms with E-state index in [4.69, 9.17) is 9.94 Å². The van der Waals surface area contributed by atoms with Gasteiger partial charge in [0.05, 0.1) is 16.7 Å². The third kappa shape index (κ3) is 3.88. The summed E-state index contributed by atoms with van der Waals surface area (Å²) in [5, 5.41) is 8.92. The zero-order valence-corrected chi connectivity index (χ0v) is 9.98. The summed E-state index contributed by atoms with van der Waals surface area (Å²) in [6, 6.07) is 5.96. The van der Waals surface area contributed by atoms with E-state index in [-0.39, 0.29) is 11.1 Å². The first kappa shape index (κ1) is 13.2. The Bertz CT molecular complexity index is 434. The maximum absolute atomic E-state index is 11.7. The first-order chi connectivity index (χ1) is 7.81. The summed E-state index contributed by atoms with van der Waals surface area (Å²) in [5.41, 5.74) is 1.72. The third-order valence-corrected chi connectivity index (χ3v) is 1.85. The van der Waals surface area contributed by atoms with Crippen molar-refractivity contribution in [3.8, 4) is 0 Å². The van der Waals surface area contributed by atoms with Crippen LogP contribution in [-0.4, -0.2) is 22.6 Å². The second-order valence-corrected chi connectivity index (χ2v) is 4.50. The number of carboxylic acid groups (broad SMARTS) is 1. The minimum Gasteiger partial charge on any atom is -0.478 e. The molecule has 1 rings (SSSR count). The number of rotatable bonds is 3. The van der Waals surface area contributed by atoms with Crippen molar-refractivity contribution in [2.45, 2.75) is 26.4 Å². The Kier molecular flexibility index (Phi) is 3.85. The highest BCUT2D eigenvalue weighted by molar-refractivity contribution is 6.04. The lowest BCUT2D eigenvalue weighted by molar-refractivity contribution is -0.0590. The Morgan fingerprint density at radius 3 is 2.18 bits per heavy atom. The molecule has 1 amide bonds. The number of hydroxylamine groups is 1. The van der Waals surface area contributed by atoms with Gasteiger partial charge in [-0.15, -0.1) is 0 Å². The molecule has 0 unspecified atom stereocenters. The molecule has 0 aliphatic heterocycles. The maximum atomic E-state index is 11.7. The van der Waals surface area contributed by atoms with Crippen molar-refractivity contribution < 1.29 is 19.5 Å². The number of aromatic carboxylic acids is 1. The molecule has 0 heterocycles. The predicted molar refractivity (Wildman–Crippen MR) is 61.7 cm³/mol. The molecule has 0 fully saturated rings. The van der Waals surface area contributed by atoms with Gasteiger partial charge in [0.2, 0.25) is 0 Å². The Labute approximate surface area is 99.4 Å². The molecule has 17 heavy (non-hydrogen) atoms. The number of amides is 1. The highest BCUT2D eigenvalue weighted by Crippen LogP contribution is 2.10. The van der Waals surface area contributed by atoms with Crippen LogP contribution in [0.15, 0.2) is 24.3 Å². The van der Waals surface area contributed by atoms with Crippen molar-refractivity contribution in [1.29, 1.82) is 0 Å². The van der Waals surface area contributed by atoms with Crippen molar-refractivity contribution >= 4 is 11.9 Å². The predicted octanol–water partition coefficient (Wildman–Crippen LogP) is 1.84. The molecule has 5 heteroatoms. The molecule has 0 saturated heterocycles. The normalized spacial score (nSPS) is 11.0. The van der Waals surface area contributed by atoms with Crippen LogP contribution in [0, 0.1) is 0 Å². The molecule has 92 valence electrons. The van der Waals surface area contributed by atoms with Gasteiger partial charge in [0.15, 0.2) is 0 Å². The monoisotopic (exact) mass is 237 g/mol. The first-order valence-electron chi connectivity index (χ1n) is 5.12. The average molecular weight is 237 g/mol. The molecule has 0 saturated carbocycles. The molecule has 5 nitrogen and oxygen atoms in total. The molecular formula is C12H15NO4. The van der Waals surface area contributed by atoms with Gasteiger partial charge in [-0.05, 0) is 32.9 Å². The lowest BCUT2D eigenvalue weighted by atomic mass is 10.1. The Hall–Kier alpha value is -1.88. The molecule has 2 N–H and O–H groups in total. The van der Waals surface area contributed by atoms with Crippen molar-refractivity contribution in [3.63, 3.8) is 0 Å². The fourth-order valence-electron chi connectivity index (χ4n) is 1.12. The Balaban J connectivity index is 2.86. The molecule has 0 radical (unpaired) electrons. The van der Waals surface area contributed by atoms with Crippen molar-refractivity contribution in [3.05, 3.63) is 35.4 Å². The number of carboxylic acids is 1. The van der Waals surface area contributed by atoms with E-state index in [1.807, 2.05) is 0 Å². The fraction of sp³-hybridized carbons (Fsp3) is 0.333. The Morgan fingerprint density at radius 1 is 1.18 bits per heavy atom. The van der Waals surface area contributed by atoms with E-state index in [0.717, 1.165) is 0 Å². The van der Waals surface area contributed by atoms with E-state index < -0.39 is 17.5 Å². The number of hydrogen-bond acceptors (Lipinski definition) is 3. The summed E-state index contributed by atoms with van der Waals surface area (Å²) in [6.45, 7) is 5.32. The largest absolute Gasteiger partial charge is 0.478 e. The molecule has 0 aliphatic carbocycles. The van der Waals surface area contributed by atoms with Gasteiger partial charge >= 0.3 is 5.97 Å². The van der Waals surface area contributed by atoms with Crippen molar-refractivity contribution in [2.75, 3.05) is 0 Å². The van der Waals surface area contributed by atoms with Gasteiger partial charge in [-0.3, -0.25) is 9.63 Å². The van der Waals surface area contributed by atoms with Crippen LogP contribution >= 0.6 is 0 Å². The molecule has 0 aromatic heterocycles. The van der Waals surface area contributed by atoms with Gasteiger partial charge in [0.1, 0.15) is 0 Å². The van der Waals surface area contributed by atoms with Gasteiger partial charge in [-0.25, -0.2) is 10.3 Å². The van der Waals surface area contributed by atoms with Crippen LogP contribution in [0.25, 0.3) is 0 Å². The van der Waals surface area contributed by atoms with Crippen LogP contribution in [0.2, 0.25) is 0 Å². The molecule has 1 aromatic carbocycles. The van der Waals surface area contributed by atoms with Gasteiger partial charge in [0.25, 0.3) is 5.91 Å². The zero-order valence-electron chi connectivity index (χ0n) is 9.98. The van der Waals surface area contributed by atoms with Gasteiger partial charge in [-0.1, -0.05) is 12.1 Å². The molecule has 1 aromatic rings. The number of benzene rings is 1. The van der Waals surface area contributed by atoms with Crippen LogP contribution < -0.4 is 5.48 Å². The highest BCUT2D eigenvalue weighted by atomic mass is 16.7. The number of hydrogen-bond donors (Lipinski definition) is 2. The summed E-state index contributed by atoms with van der Waals surface area (Å²) in [4.78, 5) is 27.7. The van der Waals surface area contributed by atoms with E-state index in [9.17, 15) is 9.59 Å². The SMILES string of the molecule is CC(C)(C)ONC(=O)c1ccccc1C(=O)O. The first-order valence-corrected chi connectivity index (χ1v) is 5.12. The molecule has 0 atom stereocenters. The summed E-state index contributed by atoms with van der Waals surface area (Å²) in [5.74, 6) is -1.72. The van der Waals surface area contributed by atoms with Crippen LogP contribution in [-0.2, 0) is 4.84 Å². The van der Waals surface area contributed by atoms with Crippen molar-refractivity contribution in [2.24, 2.45) is 0 Å². The lowest BCUT2D eigenvalue weighted by Gasteiger charge is -2.19. The average Bonchev–Trinajstić information content (AvgIpc) is 2.25. The van der Waals surface area contributed by atoms with E-state index in [2.05, 4.69) is 5.48 Å². The number of carbonyl (C=O) groups is 2. The van der Waals surface area contributed by atoms with E-state index in [1.54, 1.807) is 32.9 Å². The van der Waals surface area contributed by atoms with Crippen LogP contribution in [0.4, 0.5) is 0 Å². The highest BCUT2D eigenvalue weighted by Gasteiger charge is 2.18. The molecular weight excluding hydrogens is 222 g/mol. The van der Waals surface area contributed by atoms with Gasteiger partial charge in [-0.2, -0.15) is 0 Å². The summed E-state index contributed by atoms with van der Waals surface area (Å²) >= 11 is 0. The maximum Gasteiger partial charge on any atom is 0.336 e. The number of nitrogens with one attached hydrogen (secondary N) is 1. The van der Waals surface area contributed by atoms with E-state index in [1.165, 1.54) is 12.1 Å². The smallest absolute Gasteiger partial charge is 0.336 e. The van der Waals surface area contributed by atoms with Crippen LogP contribution in [0.1, 0.15) is 41.5 Å². The van der Waals surface area contributed by atoms with Gasteiger partial charge in [0, 0.05) is 0 Å². The molecule has 0 spiro atoms. The molecule has 0 aliphatic rings. The van der Waals surface area contributed by atoms with Crippen molar-refractivity contribution in [1.82, 2.24) is 5.48 Å². The Morgan fingerprint density at radius 2 is 1.71 bits per heavy atom. The van der Waals surface area contributed by atoms with Crippen LogP contribution in [0.5, 0.6) is 0 Å². The second kappa shape index (κ2) is 4.97. The van der Waals surface area contributed by atoms with Gasteiger partial charge < -0.3 is 5.11 Å². The number of carbonyl (C=O) groups excluding carboxylic acids is 1. The quantitative estimate of drug-likeness (QED) is 0.786. The fourth-order valence-corrected chi connectivity index (χ4v) is 1.12. The lowest BCUT2D eigenvalue weighted by Crippen LogP contribution is -2.34. The second-order valence-electron chi connectivity index (χ2n) is 4.50. The summed E-state index contributed by atoms with van der Waals surface area (Å²) in [7, 11) is 0. The minimum absolute atomic E-state index is 0.0532. The van der Waals surface area contributed by atoms with E-state index in [0.29, 0.717) is 0 Å².